The Morgan fingerprint density at radius 3 is 2.79 bits per heavy atom. The van der Waals surface area contributed by atoms with Gasteiger partial charge in [0.2, 0.25) is 0 Å². The van der Waals surface area contributed by atoms with Gasteiger partial charge in [-0.3, -0.25) is 9.59 Å². The highest BCUT2D eigenvalue weighted by Gasteiger charge is 2.15. The van der Waals surface area contributed by atoms with Crippen LogP contribution in [0, 0.1) is 0 Å². The second-order valence-corrected chi connectivity index (χ2v) is 4.52. The molecule has 1 aromatic heterocycles. The molecule has 0 bridgehead atoms. The molecule has 0 unspecified atom stereocenters. The van der Waals surface area contributed by atoms with E-state index in [0.717, 1.165) is 17.3 Å². The highest BCUT2D eigenvalue weighted by Crippen LogP contribution is 2.17. The average Bonchev–Trinajstić information content (AvgIpc) is 2.85. The van der Waals surface area contributed by atoms with Gasteiger partial charge in [-0.25, -0.2) is 0 Å². The van der Waals surface area contributed by atoms with Gasteiger partial charge in [-0.1, -0.05) is 6.92 Å². The fourth-order valence-electron chi connectivity index (χ4n) is 1.71. The van der Waals surface area contributed by atoms with Gasteiger partial charge in [0, 0.05) is 28.8 Å². The van der Waals surface area contributed by atoms with Crippen LogP contribution in [0.25, 0.3) is 10.9 Å². The number of nitrogens with one attached hydrogen (secondary N) is 3. The summed E-state index contributed by atoms with van der Waals surface area (Å²) in [5, 5.41) is 6.20. The Labute approximate surface area is 111 Å². The van der Waals surface area contributed by atoms with Crippen molar-refractivity contribution in [2.45, 2.75) is 26.3 Å². The Bertz CT molecular complexity index is 604. The molecule has 19 heavy (non-hydrogen) atoms. The monoisotopic (exact) mass is 259 g/mol. The van der Waals surface area contributed by atoms with Crippen LogP contribution >= 0.6 is 0 Å². The van der Waals surface area contributed by atoms with Gasteiger partial charge in [-0.15, -0.1) is 0 Å². The molecule has 5 heteroatoms. The second-order valence-electron chi connectivity index (χ2n) is 4.52. The van der Waals surface area contributed by atoms with Gasteiger partial charge in [0.25, 0.3) is 0 Å². The minimum atomic E-state index is -0.643. The number of rotatable bonds is 3. The molecule has 2 rings (SSSR count). The zero-order valence-corrected chi connectivity index (χ0v) is 11.0. The Balaban J connectivity index is 2.03. The van der Waals surface area contributed by atoms with Gasteiger partial charge in [0.15, 0.2) is 0 Å². The van der Waals surface area contributed by atoms with E-state index in [1.165, 1.54) is 0 Å². The van der Waals surface area contributed by atoms with E-state index in [1.807, 2.05) is 38.2 Å². The number of aromatic nitrogens is 1. The topological polar surface area (TPSA) is 74.0 Å². The quantitative estimate of drug-likeness (QED) is 0.738. The van der Waals surface area contributed by atoms with Gasteiger partial charge in [0.1, 0.15) is 0 Å². The molecule has 5 nitrogen and oxygen atoms in total. The van der Waals surface area contributed by atoms with Crippen LogP contribution < -0.4 is 10.6 Å². The summed E-state index contributed by atoms with van der Waals surface area (Å²) < 4.78 is 0. The Kier molecular flexibility index (Phi) is 3.85. The number of anilines is 1. The smallest absolute Gasteiger partial charge is 0.313 e. The number of fused-ring (bicyclic) bond motifs is 1. The zero-order chi connectivity index (χ0) is 13.8. The number of benzene rings is 1. The van der Waals surface area contributed by atoms with Crippen molar-refractivity contribution in [2.75, 3.05) is 5.32 Å². The van der Waals surface area contributed by atoms with E-state index in [9.17, 15) is 9.59 Å². The largest absolute Gasteiger partial charge is 0.361 e. The lowest BCUT2D eigenvalue weighted by Crippen LogP contribution is -2.40. The molecule has 0 saturated carbocycles. The van der Waals surface area contributed by atoms with Crippen LogP contribution in [0.2, 0.25) is 0 Å². The number of H-pyrrole nitrogens is 1. The molecular formula is C14H17N3O2. The van der Waals surface area contributed by atoms with Gasteiger partial charge >= 0.3 is 11.8 Å². The first-order chi connectivity index (χ1) is 9.10. The lowest BCUT2D eigenvalue weighted by Gasteiger charge is -2.11. The van der Waals surface area contributed by atoms with E-state index in [-0.39, 0.29) is 6.04 Å². The molecule has 0 fully saturated rings. The zero-order valence-electron chi connectivity index (χ0n) is 11.0. The van der Waals surface area contributed by atoms with Crippen LogP contribution in [0.15, 0.2) is 30.5 Å². The van der Waals surface area contributed by atoms with Gasteiger partial charge in [0.05, 0.1) is 0 Å². The van der Waals surface area contributed by atoms with Crippen molar-refractivity contribution in [3.05, 3.63) is 30.5 Å². The third-order valence-corrected chi connectivity index (χ3v) is 3.01. The lowest BCUT2D eigenvalue weighted by atomic mass is 10.2. The minimum absolute atomic E-state index is 0.00889. The maximum Gasteiger partial charge on any atom is 0.313 e. The summed E-state index contributed by atoms with van der Waals surface area (Å²) >= 11 is 0. The second kappa shape index (κ2) is 5.56. The third-order valence-electron chi connectivity index (χ3n) is 3.01. The molecule has 0 aliphatic carbocycles. The van der Waals surface area contributed by atoms with Crippen LogP contribution in [-0.4, -0.2) is 22.8 Å². The number of hydrogen-bond acceptors (Lipinski definition) is 2. The van der Waals surface area contributed by atoms with Crippen molar-refractivity contribution in [2.24, 2.45) is 0 Å². The summed E-state index contributed by atoms with van der Waals surface area (Å²) in [6.07, 6.45) is 2.61. The molecule has 0 saturated heterocycles. The first kappa shape index (κ1) is 13.1. The number of carbonyl (C=O) groups excluding carboxylic acids is 2. The maximum absolute atomic E-state index is 11.7. The highest BCUT2D eigenvalue weighted by atomic mass is 16.2. The van der Waals surface area contributed by atoms with Crippen molar-refractivity contribution in [1.82, 2.24) is 10.3 Å². The molecule has 0 aliphatic rings. The van der Waals surface area contributed by atoms with E-state index in [2.05, 4.69) is 15.6 Å². The fraction of sp³-hybridized carbons (Fsp3) is 0.286. The molecule has 0 spiro atoms. The molecule has 3 N–H and O–H groups in total. The molecule has 2 amide bonds. The Hall–Kier alpha value is -2.30. The molecular weight excluding hydrogens is 242 g/mol. The molecule has 0 aliphatic heterocycles. The molecule has 2 aromatic rings. The van der Waals surface area contributed by atoms with Crippen LogP contribution in [-0.2, 0) is 9.59 Å². The molecule has 0 radical (unpaired) electrons. The summed E-state index contributed by atoms with van der Waals surface area (Å²) in [6.45, 7) is 3.81. The van der Waals surface area contributed by atoms with Gasteiger partial charge < -0.3 is 15.6 Å². The highest BCUT2D eigenvalue weighted by molar-refractivity contribution is 6.39. The van der Waals surface area contributed by atoms with Crippen molar-refractivity contribution in [3.8, 4) is 0 Å². The molecule has 1 heterocycles. The normalized spacial score (nSPS) is 12.1. The molecule has 1 aromatic carbocycles. The van der Waals surface area contributed by atoms with E-state index < -0.39 is 11.8 Å². The Morgan fingerprint density at radius 1 is 1.26 bits per heavy atom. The third kappa shape index (κ3) is 3.13. The summed E-state index contributed by atoms with van der Waals surface area (Å²) in [5.74, 6) is -1.25. The van der Waals surface area contributed by atoms with Crippen LogP contribution in [0.3, 0.4) is 0 Å². The standard InChI is InChI=1S/C14H17N3O2/c1-3-9(2)16-13(18)14(19)17-11-4-5-12-10(8-11)6-7-15-12/h4-9,15H,3H2,1-2H3,(H,16,18)(H,17,19)/t9-/m1/s1. The molecule has 1 atom stereocenters. The fourth-order valence-corrected chi connectivity index (χ4v) is 1.71. The van der Waals surface area contributed by atoms with Crippen molar-refractivity contribution < 1.29 is 9.59 Å². The summed E-state index contributed by atoms with van der Waals surface area (Å²) in [6, 6.07) is 7.33. The van der Waals surface area contributed by atoms with Gasteiger partial charge in [-0.05, 0) is 37.6 Å². The summed E-state index contributed by atoms with van der Waals surface area (Å²) in [7, 11) is 0. The predicted octanol–water partition coefficient (Wildman–Crippen LogP) is 2.02. The predicted molar refractivity (Wildman–Crippen MR) is 74.8 cm³/mol. The first-order valence-corrected chi connectivity index (χ1v) is 6.29. The van der Waals surface area contributed by atoms with E-state index in [4.69, 9.17) is 0 Å². The first-order valence-electron chi connectivity index (χ1n) is 6.29. The van der Waals surface area contributed by atoms with Crippen molar-refractivity contribution in [1.29, 1.82) is 0 Å². The number of aromatic amines is 1. The summed E-state index contributed by atoms with van der Waals surface area (Å²) in [5.41, 5.74) is 1.60. The number of hydrogen-bond donors (Lipinski definition) is 3. The van der Waals surface area contributed by atoms with Crippen LogP contribution in [0.5, 0.6) is 0 Å². The Morgan fingerprint density at radius 2 is 2.05 bits per heavy atom. The average molecular weight is 259 g/mol. The van der Waals surface area contributed by atoms with E-state index >= 15 is 0 Å². The van der Waals surface area contributed by atoms with E-state index in [1.54, 1.807) is 6.07 Å². The number of amides is 2. The van der Waals surface area contributed by atoms with Crippen molar-refractivity contribution >= 4 is 28.4 Å². The lowest BCUT2D eigenvalue weighted by molar-refractivity contribution is -0.136. The van der Waals surface area contributed by atoms with Gasteiger partial charge in [-0.2, -0.15) is 0 Å². The number of carbonyl (C=O) groups is 2. The van der Waals surface area contributed by atoms with Crippen molar-refractivity contribution in [3.63, 3.8) is 0 Å². The molecule has 100 valence electrons. The minimum Gasteiger partial charge on any atom is -0.361 e. The van der Waals surface area contributed by atoms with Crippen LogP contribution in [0.1, 0.15) is 20.3 Å². The maximum atomic E-state index is 11.7. The SMILES string of the molecule is CC[C@@H](C)NC(=O)C(=O)Nc1ccc2[nH]ccc2c1. The van der Waals surface area contributed by atoms with E-state index in [0.29, 0.717) is 5.69 Å². The van der Waals surface area contributed by atoms with Crippen LogP contribution in [0.4, 0.5) is 5.69 Å². The summed E-state index contributed by atoms with van der Waals surface area (Å²) in [4.78, 5) is 26.4.